The van der Waals surface area contributed by atoms with Crippen molar-refractivity contribution in [2.75, 3.05) is 40.6 Å². The molecule has 0 unspecified atom stereocenters. The maximum atomic E-state index is 5.66. The van der Waals surface area contributed by atoms with Crippen LogP contribution in [0.2, 0.25) is 0 Å². The van der Waals surface area contributed by atoms with Gasteiger partial charge in [0.05, 0.1) is 26.9 Å². The molecular weight excluding hydrogens is 300 g/mol. The Morgan fingerprint density at radius 1 is 1.06 bits per heavy atom. The maximum absolute atomic E-state index is 5.66. The first-order valence-electron chi connectivity index (χ1n) is 5.74. The molecule has 0 spiro atoms. The topological polar surface area (TPSA) is 36.9 Å². The summed E-state index contributed by atoms with van der Waals surface area (Å²) in [5.74, 6) is 1.68. The average Bonchev–Trinajstić information content (AvgIpc) is 2.42. The van der Waals surface area contributed by atoms with Crippen LogP contribution in [-0.2, 0) is 14.8 Å². The number of halogens is 1. The predicted molar refractivity (Wildman–Crippen MR) is 73.8 cm³/mol. The predicted octanol–water partition coefficient (Wildman–Crippen LogP) is 2.63. The number of alkyl halides is 1. The lowest BCUT2D eigenvalue weighted by Gasteiger charge is -2.11. The summed E-state index contributed by atoms with van der Waals surface area (Å²) < 4.78 is 21.0. The summed E-state index contributed by atoms with van der Waals surface area (Å²) in [6.45, 7) is 2.27. The van der Waals surface area contributed by atoms with Crippen LogP contribution in [0.25, 0.3) is 0 Å². The molecule has 0 N–H and O–H groups in total. The number of hydrogen-bond donors (Lipinski definition) is 0. The number of benzene rings is 1. The minimum absolute atomic E-state index is 0.524. The van der Waals surface area contributed by atoms with Gasteiger partial charge in [0.2, 0.25) is 0 Å². The Hall–Kier alpha value is -0.780. The van der Waals surface area contributed by atoms with E-state index in [4.69, 9.17) is 18.9 Å². The molecule has 102 valence electrons. The van der Waals surface area contributed by atoms with E-state index in [0.29, 0.717) is 26.4 Å². The van der Waals surface area contributed by atoms with Gasteiger partial charge in [-0.25, -0.2) is 0 Å². The molecule has 0 aliphatic heterocycles. The van der Waals surface area contributed by atoms with Crippen molar-refractivity contribution in [3.8, 4) is 11.5 Å². The molecule has 18 heavy (non-hydrogen) atoms. The van der Waals surface area contributed by atoms with Gasteiger partial charge >= 0.3 is 0 Å². The van der Waals surface area contributed by atoms with Crippen molar-refractivity contribution in [1.29, 1.82) is 0 Å². The van der Waals surface area contributed by atoms with Crippen LogP contribution in [-0.4, -0.2) is 40.6 Å². The van der Waals surface area contributed by atoms with Gasteiger partial charge in [-0.3, -0.25) is 0 Å². The summed E-state index contributed by atoms with van der Waals surface area (Å²) in [6, 6.07) is 5.74. The number of methoxy groups -OCH3 is 2. The normalized spacial score (nSPS) is 10.4. The SMILES string of the molecule is COCCOCCOc1ccc(OC)cc1CBr. The minimum atomic E-state index is 0.524. The van der Waals surface area contributed by atoms with Gasteiger partial charge in [0.1, 0.15) is 18.1 Å². The highest BCUT2D eigenvalue weighted by molar-refractivity contribution is 9.08. The van der Waals surface area contributed by atoms with Crippen molar-refractivity contribution in [1.82, 2.24) is 0 Å². The van der Waals surface area contributed by atoms with Crippen molar-refractivity contribution >= 4 is 15.9 Å². The van der Waals surface area contributed by atoms with Crippen LogP contribution in [0, 0.1) is 0 Å². The van der Waals surface area contributed by atoms with E-state index in [2.05, 4.69) is 15.9 Å². The molecule has 1 aromatic carbocycles. The number of ether oxygens (including phenoxy) is 4. The van der Waals surface area contributed by atoms with Crippen LogP contribution in [0.1, 0.15) is 5.56 Å². The van der Waals surface area contributed by atoms with Gasteiger partial charge in [0.25, 0.3) is 0 Å². The molecule has 1 rings (SSSR count). The standard InChI is InChI=1S/C13H19BrO4/c1-15-5-6-17-7-8-18-13-4-3-12(16-2)9-11(13)10-14/h3-4,9H,5-8,10H2,1-2H3. The van der Waals surface area contributed by atoms with Crippen LogP contribution >= 0.6 is 15.9 Å². The molecule has 5 heteroatoms. The van der Waals surface area contributed by atoms with Gasteiger partial charge in [-0.1, -0.05) is 15.9 Å². The molecule has 0 saturated carbocycles. The first kappa shape index (κ1) is 15.3. The first-order valence-corrected chi connectivity index (χ1v) is 6.86. The van der Waals surface area contributed by atoms with Crippen molar-refractivity contribution in [3.05, 3.63) is 23.8 Å². The summed E-state index contributed by atoms with van der Waals surface area (Å²) in [5, 5.41) is 0.726. The zero-order valence-electron chi connectivity index (χ0n) is 10.8. The second-order valence-electron chi connectivity index (χ2n) is 3.56. The van der Waals surface area contributed by atoms with Gasteiger partial charge < -0.3 is 18.9 Å². The maximum Gasteiger partial charge on any atom is 0.123 e. The van der Waals surface area contributed by atoms with Crippen LogP contribution in [0.4, 0.5) is 0 Å². The molecule has 1 aromatic rings. The van der Waals surface area contributed by atoms with E-state index in [-0.39, 0.29) is 0 Å². The monoisotopic (exact) mass is 318 g/mol. The van der Waals surface area contributed by atoms with Crippen LogP contribution in [0.15, 0.2) is 18.2 Å². The van der Waals surface area contributed by atoms with E-state index < -0.39 is 0 Å². The van der Waals surface area contributed by atoms with Crippen molar-refractivity contribution in [2.45, 2.75) is 5.33 Å². The molecule has 0 aliphatic carbocycles. The van der Waals surface area contributed by atoms with E-state index in [1.54, 1.807) is 14.2 Å². The highest BCUT2D eigenvalue weighted by atomic mass is 79.9. The molecule has 0 bridgehead atoms. The van der Waals surface area contributed by atoms with Gasteiger partial charge in [0.15, 0.2) is 0 Å². The lowest BCUT2D eigenvalue weighted by Crippen LogP contribution is -2.10. The third-order valence-electron chi connectivity index (χ3n) is 2.33. The summed E-state index contributed by atoms with van der Waals surface area (Å²) >= 11 is 3.43. The lowest BCUT2D eigenvalue weighted by molar-refractivity contribution is 0.0543. The Balaban J connectivity index is 2.37. The highest BCUT2D eigenvalue weighted by Gasteiger charge is 2.04. The minimum Gasteiger partial charge on any atom is -0.497 e. The molecule has 0 radical (unpaired) electrons. The Labute approximate surface area is 116 Å². The average molecular weight is 319 g/mol. The summed E-state index contributed by atoms with van der Waals surface area (Å²) in [4.78, 5) is 0. The van der Waals surface area contributed by atoms with Gasteiger partial charge in [-0.05, 0) is 18.2 Å². The third kappa shape index (κ3) is 5.25. The molecule has 0 saturated heterocycles. The van der Waals surface area contributed by atoms with E-state index >= 15 is 0 Å². The Kier molecular flexibility index (Phi) is 7.80. The van der Waals surface area contributed by atoms with Crippen LogP contribution < -0.4 is 9.47 Å². The smallest absolute Gasteiger partial charge is 0.123 e. The van der Waals surface area contributed by atoms with Gasteiger partial charge in [0, 0.05) is 18.0 Å². The summed E-state index contributed by atoms with van der Waals surface area (Å²) in [7, 11) is 3.30. The largest absolute Gasteiger partial charge is 0.497 e. The Morgan fingerprint density at radius 3 is 2.50 bits per heavy atom. The van der Waals surface area contributed by atoms with E-state index in [0.717, 1.165) is 22.4 Å². The quantitative estimate of drug-likeness (QED) is 0.518. The van der Waals surface area contributed by atoms with Crippen molar-refractivity contribution < 1.29 is 18.9 Å². The zero-order chi connectivity index (χ0) is 13.2. The third-order valence-corrected chi connectivity index (χ3v) is 2.93. The second-order valence-corrected chi connectivity index (χ2v) is 4.12. The zero-order valence-corrected chi connectivity index (χ0v) is 12.4. The van der Waals surface area contributed by atoms with E-state index in [1.165, 1.54) is 0 Å². The van der Waals surface area contributed by atoms with Crippen molar-refractivity contribution in [3.63, 3.8) is 0 Å². The molecule has 0 aromatic heterocycles. The fourth-order valence-corrected chi connectivity index (χ4v) is 1.82. The Bertz CT molecular complexity index is 344. The molecule has 0 amide bonds. The van der Waals surface area contributed by atoms with Crippen LogP contribution in [0.3, 0.4) is 0 Å². The second kappa shape index (κ2) is 9.19. The van der Waals surface area contributed by atoms with E-state index in [1.807, 2.05) is 18.2 Å². The molecule has 0 aliphatic rings. The van der Waals surface area contributed by atoms with Gasteiger partial charge in [-0.2, -0.15) is 0 Å². The molecule has 0 heterocycles. The fourth-order valence-electron chi connectivity index (χ4n) is 1.38. The molecule has 0 atom stereocenters. The first-order chi connectivity index (χ1) is 8.81. The summed E-state index contributed by atoms with van der Waals surface area (Å²) in [5.41, 5.74) is 1.06. The Morgan fingerprint density at radius 2 is 1.83 bits per heavy atom. The van der Waals surface area contributed by atoms with Gasteiger partial charge in [-0.15, -0.1) is 0 Å². The molecule has 4 nitrogen and oxygen atoms in total. The number of hydrogen-bond acceptors (Lipinski definition) is 4. The number of rotatable bonds is 9. The van der Waals surface area contributed by atoms with Crippen LogP contribution in [0.5, 0.6) is 11.5 Å². The summed E-state index contributed by atoms with van der Waals surface area (Å²) in [6.07, 6.45) is 0. The molecular formula is C13H19BrO4. The molecule has 0 fully saturated rings. The lowest BCUT2D eigenvalue weighted by atomic mass is 10.2. The fraction of sp³-hybridized carbons (Fsp3) is 0.538. The van der Waals surface area contributed by atoms with E-state index in [9.17, 15) is 0 Å². The van der Waals surface area contributed by atoms with Crippen molar-refractivity contribution in [2.24, 2.45) is 0 Å². The highest BCUT2D eigenvalue weighted by Crippen LogP contribution is 2.26.